The number of thiazole rings is 1. The Kier molecular flexibility index (Phi) is 3.31. The Labute approximate surface area is 128 Å². The molecule has 1 saturated heterocycles. The van der Waals surface area contributed by atoms with Crippen LogP contribution >= 0.6 is 11.3 Å². The Morgan fingerprint density at radius 2 is 2.14 bits per heavy atom. The smallest absolute Gasteiger partial charge is 0.249 e. The fraction of sp³-hybridized carbons (Fsp3) is 0.667. The van der Waals surface area contributed by atoms with Crippen LogP contribution in [0.3, 0.4) is 0 Å². The molecule has 2 amide bonds. The summed E-state index contributed by atoms with van der Waals surface area (Å²) in [7, 11) is 0. The first kappa shape index (κ1) is 14.5. The van der Waals surface area contributed by atoms with Crippen molar-refractivity contribution >= 4 is 23.2 Å². The molecule has 2 heterocycles. The number of hydrogen-bond donors (Lipinski definition) is 1. The zero-order valence-corrected chi connectivity index (χ0v) is 13.5. The van der Waals surface area contributed by atoms with Crippen LogP contribution in [0.4, 0.5) is 0 Å². The molecule has 0 spiro atoms. The molecule has 0 bridgehead atoms. The van der Waals surface area contributed by atoms with Crippen LogP contribution in [-0.2, 0) is 16.1 Å². The summed E-state index contributed by atoms with van der Waals surface area (Å²) in [5.41, 5.74) is -1.54. The van der Waals surface area contributed by atoms with Crippen LogP contribution in [0.2, 0.25) is 0 Å². The maximum Gasteiger partial charge on any atom is 0.249 e. The highest BCUT2D eigenvalue weighted by molar-refractivity contribution is 7.09. The minimum atomic E-state index is -0.803. The van der Waals surface area contributed by atoms with E-state index in [-0.39, 0.29) is 17.7 Å². The highest BCUT2D eigenvalue weighted by Crippen LogP contribution is 2.46. The average Bonchev–Trinajstić information content (AvgIpc) is 3.20. The fourth-order valence-corrected chi connectivity index (χ4v) is 3.66. The fourth-order valence-electron chi connectivity index (χ4n) is 3.06. The highest BCUT2D eigenvalue weighted by atomic mass is 32.1. The predicted molar refractivity (Wildman–Crippen MR) is 80.6 cm³/mol. The van der Waals surface area contributed by atoms with Gasteiger partial charge < -0.3 is 10.2 Å². The minimum Gasteiger partial charge on any atom is -0.340 e. The van der Waals surface area contributed by atoms with Gasteiger partial charge in [0.25, 0.3) is 0 Å². The van der Waals surface area contributed by atoms with Gasteiger partial charge in [-0.1, -0.05) is 6.92 Å². The van der Waals surface area contributed by atoms with Gasteiger partial charge in [-0.15, -0.1) is 11.3 Å². The van der Waals surface area contributed by atoms with Crippen molar-refractivity contribution in [2.75, 3.05) is 0 Å². The summed E-state index contributed by atoms with van der Waals surface area (Å²) in [6.07, 6.45) is 4.34. The molecule has 2 fully saturated rings. The van der Waals surface area contributed by atoms with Crippen molar-refractivity contribution in [3.63, 3.8) is 0 Å². The SMILES string of the molecule is CCC1(C)NC(=O)C(C)(C2CC2)N(Cc2nccs2)C1=O. The summed E-state index contributed by atoms with van der Waals surface area (Å²) in [4.78, 5) is 31.8. The van der Waals surface area contributed by atoms with Crippen LogP contribution in [0, 0.1) is 5.92 Å². The Morgan fingerprint density at radius 1 is 1.43 bits per heavy atom. The van der Waals surface area contributed by atoms with Crippen molar-refractivity contribution < 1.29 is 9.59 Å². The largest absolute Gasteiger partial charge is 0.340 e. The normalized spacial score (nSPS) is 33.2. The number of aromatic nitrogens is 1. The maximum atomic E-state index is 13.0. The Balaban J connectivity index is 1.99. The molecular formula is C15H21N3O2S. The molecule has 1 aliphatic carbocycles. The van der Waals surface area contributed by atoms with Crippen LogP contribution in [0.15, 0.2) is 11.6 Å². The van der Waals surface area contributed by atoms with Gasteiger partial charge in [0.1, 0.15) is 16.1 Å². The van der Waals surface area contributed by atoms with E-state index >= 15 is 0 Å². The van der Waals surface area contributed by atoms with E-state index in [1.54, 1.807) is 11.1 Å². The van der Waals surface area contributed by atoms with Crippen LogP contribution in [0.25, 0.3) is 0 Å². The number of piperazine rings is 1. The Morgan fingerprint density at radius 3 is 2.67 bits per heavy atom. The molecule has 2 aliphatic rings. The third-order valence-corrected chi connectivity index (χ3v) is 5.75. The summed E-state index contributed by atoms with van der Waals surface area (Å²) in [6, 6.07) is 0. The molecule has 6 heteroatoms. The van der Waals surface area contributed by atoms with Crippen molar-refractivity contribution in [2.45, 2.75) is 57.7 Å². The molecule has 0 aromatic carbocycles. The van der Waals surface area contributed by atoms with Crippen molar-refractivity contribution in [3.8, 4) is 0 Å². The van der Waals surface area contributed by atoms with E-state index in [2.05, 4.69) is 10.3 Å². The number of nitrogens with one attached hydrogen (secondary N) is 1. The third-order valence-electron chi connectivity index (χ3n) is 4.98. The molecule has 1 aromatic heterocycles. The van der Waals surface area contributed by atoms with E-state index in [1.807, 2.05) is 26.2 Å². The van der Waals surface area contributed by atoms with Gasteiger partial charge in [0.2, 0.25) is 11.8 Å². The van der Waals surface area contributed by atoms with Gasteiger partial charge >= 0.3 is 0 Å². The monoisotopic (exact) mass is 307 g/mol. The molecule has 1 aromatic rings. The summed E-state index contributed by atoms with van der Waals surface area (Å²) in [5.74, 6) is 0.252. The lowest BCUT2D eigenvalue weighted by atomic mass is 9.82. The summed E-state index contributed by atoms with van der Waals surface area (Å²) >= 11 is 1.52. The topological polar surface area (TPSA) is 62.3 Å². The van der Waals surface area contributed by atoms with Crippen molar-refractivity contribution in [3.05, 3.63) is 16.6 Å². The molecule has 1 N–H and O–H groups in total. The van der Waals surface area contributed by atoms with Gasteiger partial charge in [-0.05, 0) is 39.0 Å². The molecule has 5 nitrogen and oxygen atoms in total. The molecule has 1 aliphatic heterocycles. The first-order valence-corrected chi connectivity index (χ1v) is 8.33. The molecule has 0 radical (unpaired) electrons. The van der Waals surface area contributed by atoms with Crippen molar-refractivity contribution in [1.29, 1.82) is 0 Å². The number of rotatable bonds is 4. The van der Waals surface area contributed by atoms with E-state index in [4.69, 9.17) is 0 Å². The molecule has 2 unspecified atom stereocenters. The molecule has 2 atom stereocenters. The zero-order valence-electron chi connectivity index (χ0n) is 12.7. The molecular weight excluding hydrogens is 286 g/mol. The van der Waals surface area contributed by atoms with Gasteiger partial charge in [0, 0.05) is 11.6 Å². The van der Waals surface area contributed by atoms with Gasteiger partial charge in [-0.2, -0.15) is 0 Å². The van der Waals surface area contributed by atoms with E-state index in [0.29, 0.717) is 13.0 Å². The van der Waals surface area contributed by atoms with E-state index < -0.39 is 11.1 Å². The first-order valence-electron chi connectivity index (χ1n) is 7.45. The van der Waals surface area contributed by atoms with Crippen LogP contribution in [0.1, 0.15) is 45.0 Å². The van der Waals surface area contributed by atoms with Gasteiger partial charge in [-0.3, -0.25) is 9.59 Å². The predicted octanol–water partition coefficient (Wildman–Crippen LogP) is 1.94. The Bertz CT molecular complexity index is 569. The van der Waals surface area contributed by atoms with Gasteiger partial charge in [0.05, 0.1) is 6.54 Å². The second kappa shape index (κ2) is 4.80. The molecule has 21 heavy (non-hydrogen) atoms. The van der Waals surface area contributed by atoms with Crippen LogP contribution in [-0.4, -0.2) is 32.8 Å². The van der Waals surface area contributed by atoms with Crippen LogP contribution in [0.5, 0.6) is 0 Å². The quantitative estimate of drug-likeness (QED) is 0.924. The first-order chi connectivity index (χ1) is 9.91. The molecule has 3 rings (SSSR count). The summed E-state index contributed by atoms with van der Waals surface area (Å²) in [5, 5.41) is 5.74. The van der Waals surface area contributed by atoms with Gasteiger partial charge in [-0.25, -0.2) is 4.98 Å². The lowest BCUT2D eigenvalue weighted by Gasteiger charge is -2.50. The van der Waals surface area contributed by atoms with Crippen molar-refractivity contribution in [2.24, 2.45) is 5.92 Å². The number of carbonyl (C=O) groups is 2. The Hall–Kier alpha value is -1.43. The van der Waals surface area contributed by atoms with Crippen molar-refractivity contribution in [1.82, 2.24) is 15.2 Å². The number of amides is 2. The standard InChI is InChI=1S/C15H21N3O2S/c1-4-14(2)13(20)18(9-11-16-7-8-21-11)15(3,10-5-6-10)12(19)17-14/h7-8,10H,4-6,9H2,1-3H3,(H,17,19). The zero-order chi connectivity index (χ0) is 15.3. The number of carbonyl (C=O) groups excluding carboxylic acids is 2. The number of hydrogen-bond acceptors (Lipinski definition) is 4. The van der Waals surface area contributed by atoms with E-state index in [1.165, 1.54) is 11.3 Å². The lowest BCUT2D eigenvalue weighted by Crippen LogP contribution is -2.74. The molecule has 114 valence electrons. The average molecular weight is 307 g/mol. The number of nitrogens with zero attached hydrogens (tertiary/aromatic N) is 2. The van der Waals surface area contributed by atoms with E-state index in [9.17, 15) is 9.59 Å². The minimum absolute atomic E-state index is 0.00852. The maximum absolute atomic E-state index is 13.0. The second-order valence-electron chi connectivity index (χ2n) is 6.38. The highest BCUT2D eigenvalue weighted by Gasteiger charge is 2.59. The second-order valence-corrected chi connectivity index (χ2v) is 7.36. The molecule has 1 saturated carbocycles. The summed E-state index contributed by atoms with van der Waals surface area (Å²) in [6.45, 7) is 6.07. The van der Waals surface area contributed by atoms with E-state index in [0.717, 1.165) is 17.8 Å². The van der Waals surface area contributed by atoms with Gasteiger partial charge in [0.15, 0.2) is 0 Å². The lowest BCUT2D eigenvalue weighted by molar-refractivity contribution is -0.164. The summed E-state index contributed by atoms with van der Waals surface area (Å²) < 4.78 is 0. The third kappa shape index (κ3) is 2.16. The van der Waals surface area contributed by atoms with Crippen LogP contribution < -0.4 is 5.32 Å².